The third-order valence-electron chi connectivity index (χ3n) is 4.25. The van der Waals surface area contributed by atoms with Crippen molar-refractivity contribution in [2.75, 3.05) is 58.4 Å². The van der Waals surface area contributed by atoms with Gasteiger partial charge in [0.15, 0.2) is 17.5 Å². The molecule has 0 radical (unpaired) electrons. The Morgan fingerprint density at radius 2 is 2.00 bits per heavy atom. The van der Waals surface area contributed by atoms with E-state index in [1.54, 1.807) is 7.11 Å². The largest absolute Gasteiger partial charge is 0.493 e. The number of nitrogens with zero attached hydrogens (tertiary/aromatic N) is 2. The monoisotopic (exact) mass is 492 g/mol. The molecule has 0 aromatic heterocycles. The molecule has 8 heteroatoms. The van der Waals surface area contributed by atoms with Gasteiger partial charge in [-0.15, -0.1) is 24.0 Å². The van der Waals surface area contributed by atoms with Crippen LogP contribution in [-0.4, -0.2) is 70.0 Å². The minimum absolute atomic E-state index is 0. The average molecular weight is 492 g/mol. The summed E-state index contributed by atoms with van der Waals surface area (Å²) in [7, 11) is 1.64. The highest BCUT2D eigenvalue weighted by atomic mass is 127. The number of morpholine rings is 1. The number of hydrogen-bond acceptors (Lipinski definition) is 5. The smallest absolute Gasteiger partial charge is 0.195 e. The number of halogens is 1. The second-order valence-electron chi connectivity index (χ2n) is 6.14. The van der Waals surface area contributed by atoms with Gasteiger partial charge in [0.2, 0.25) is 0 Å². The first-order valence-corrected chi connectivity index (χ1v) is 9.35. The average Bonchev–Trinajstić information content (AvgIpc) is 2.67. The Bertz CT molecular complexity index is 580. The summed E-state index contributed by atoms with van der Waals surface area (Å²) < 4.78 is 16.4. The van der Waals surface area contributed by atoms with Gasteiger partial charge in [0.1, 0.15) is 0 Å². The zero-order chi connectivity index (χ0) is 18.8. The molecule has 27 heavy (non-hydrogen) atoms. The van der Waals surface area contributed by atoms with Crippen LogP contribution < -0.4 is 20.1 Å². The fourth-order valence-electron chi connectivity index (χ4n) is 2.82. The normalized spacial score (nSPS) is 16.2. The highest BCUT2D eigenvalue weighted by Gasteiger charge is 2.16. The van der Waals surface area contributed by atoms with E-state index >= 15 is 0 Å². The minimum atomic E-state index is 0. The molecule has 1 aliphatic heterocycles. The number of nitrogens with one attached hydrogen (secondary N) is 2. The van der Waals surface area contributed by atoms with E-state index in [2.05, 4.69) is 29.4 Å². The van der Waals surface area contributed by atoms with Crippen molar-refractivity contribution < 1.29 is 14.2 Å². The molecular formula is C19H33IN4O3. The van der Waals surface area contributed by atoms with Gasteiger partial charge in [-0.05, 0) is 32.9 Å². The van der Waals surface area contributed by atoms with Gasteiger partial charge in [-0.2, -0.15) is 0 Å². The summed E-state index contributed by atoms with van der Waals surface area (Å²) in [4.78, 5) is 7.16. The van der Waals surface area contributed by atoms with Crippen molar-refractivity contribution in [1.82, 2.24) is 10.2 Å². The number of ether oxygens (including phenoxy) is 3. The van der Waals surface area contributed by atoms with E-state index in [0.29, 0.717) is 12.6 Å². The molecule has 0 amide bonds. The fraction of sp³-hybridized carbons (Fsp3) is 0.632. The van der Waals surface area contributed by atoms with Crippen LogP contribution in [0.2, 0.25) is 0 Å². The number of rotatable bonds is 8. The van der Waals surface area contributed by atoms with Gasteiger partial charge in [-0.25, -0.2) is 0 Å². The molecule has 1 aliphatic rings. The van der Waals surface area contributed by atoms with E-state index < -0.39 is 0 Å². The number of benzene rings is 1. The molecule has 1 unspecified atom stereocenters. The van der Waals surface area contributed by atoms with Crippen LogP contribution in [-0.2, 0) is 4.74 Å². The molecule has 1 saturated heterocycles. The maximum atomic E-state index is 5.64. The number of aliphatic imine (C=N–C) groups is 1. The third kappa shape index (κ3) is 7.71. The summed E-state index contributed by atoms with van der Waals surface area (Å²) in [5, 5.41) is 6.64. The lowest BCUT2D eigenvalue weighted by Gasteiger charge is -2.31. The molecule has 0 spiro atoms. The lowest BCUT2D eigenvalue weighted by atomic mass is 10.2. The second kappa shape index (κ2) is 13.0. The first-order valence-electron chi connectivity index (χ1n) is 9.35. The molecule has 1 aromatic carbocycles. The van der Waals surface area contributed by atoms with Crippen LogP contribution in [0.1, 0.15) is 20.8 Å². The van der Waals surface area contributed by atoms with Crippen molar-refractivity contribution >= 4 is 35.6 Å². The number of methoxy groups -OCH3 is 1. The van der Waals surface area contributed by atoms with Crippen molar-refractivity contribution in [3.05, 3.63) is 18.2 Å². The molecule has 0 aliphatic carbocycles. The van der Waals surface area contributed by atoms with Crippen LogP contribution in [0.5, 0.6) is 11.5 Å². The van der Waals surface area contributed by atoms with Gasteiger partial charge in [-0.1, -0.05) is 0 Å². The predicted octanol–water partition coefficient (Wildman–Crippen LogP) is 2.81. The molecule has 1 fully saturated rings. The van der Waals surface area contributed by atoms with E-state index in [0.717, 1.165) is 62.5 Å². The van der Waals surface area contributed by atoms with Crippen LogP contribution in [0.3, 0.4) is 0 Å². The Morgan fingerprint density at radius 1 is 1.26 bits per heavy atom. The Morgan fingerprint density at radius 3 is 2.63 bits per heavy atom. The molecule has 154 valence electrons. The summed E-state index contributed by atoms with van der Waals surface area (Å²) in [5.74, 6) is 2.21. The molecule has 1 heterocycles. The first kappa shape index (κ1) is 23.8. The topological polar surface area (TPSA) is 67.4 Å². The third-order valence-corrected chi connectivity index (χ3v) is 4.25. The minimum Gasteiger partial charge on any atom is -0.493 e. The lowest BCUT2D eigenvalue weighted by molar-refractivity contribution is 0.0220. The van der Waals surface area contributed by atoms with Crippen molar-refractivity contribution in [3.8, 4) is 11.5 Å². The highest BCUT2D eigenvalue weighted by Crippen LogP contribution is 2.30. The van der Waals surface area contributed by atoms with Gasteiger partial charge in [0.05, 0.1) is 33.5 Å². The molecule has 0 bridgehead atoms. The standard InChI is InChI=1S/C19H32N4O3.HI/c1-5-20-19(21-14-15(3)23-9-11-25-12-10-23)22-16-7-8-17(24-4)18(13-16)26-6-2;/h7-8,13,15H,5-6,9-12,14H2,1-4H3,(H2,20,21,22);1H. The van der Waals surface area contributed by atoms with Crippen molar-refractivity contribution in [2.24, 2.45) is 4.99 Å². The van der Waals surface area contributed by atoms with E-state index in [4.69, 9.17) is 19.2 Å². The van der Waals surface area contributed by atoms with E-state index in [-0.39, 0.29) is 24.0 Å². The zero-order valence-electron chi connectivity index (χ0n) is 16.8. The van der Waals surface area contributed by atoms with Crippen molar-refractivity contribution in [1.29, 1.82) is 0 Å². The van der Waals surface area contributed by atoms with Crippen LogP contribution in [0, 0.1) is 0 Å². The second-order valence-corrected chi connectivity index (χ2v) is 6.14. The summed E-state index contributed by atoms with van der Waals surface area (Å²) in [5.41, 5.74) is 0.910. The van der Waals surface area contributed by atoms with Gasteiger partial charge in [-0.3, -0.25) is 9.89 Å². The molecule has 1 aromatic rings. The molecule has 1 atom stereocenters. The summed E-state index contributed by atoms with van der Waals surface area (Å²) in [6.07, 6.45) is 0. The molecular weight excluding hydrogens is 459 g/mol. The van der Waals surface area contributed by atoms with Crippen LogP contribution in [0.15, 0.2) is 23.2 Å². The number of guanidine groups is 1. The zero-order valence-corrected chi connectivity index (χ0v) is 19.1. The molecule has 2 rings (SSSR count). The molecule has 0 saturated carbocycles. The van der Waals surface area contributed by atoms with E-state index in [9.17, 15) is 0 Å². The van der Waals surface area contributed by atoms with Crippen LogP contribution in [0.25, 0.3) is 0 Å². The van der Waals surface area contributed by atoms with Gasteiger partial charge >= 0.3 is 0 Å². The van der Waals surface area contributed by atoms with Crippen LogP contribution >= 0.6 is 24.0 Å². The Hall–Kier alpha value is -1.26. The first-order chi connectivity index (χ1) is 12.7. The van der Waals surface area contributed by atoms with Crippen LogP contribution in [0.4, 0.5) is 5.69 Å². The van der Waals surface area contributed by atoms with Gasteiger partial charge < -0.3 is 24.8 Å². The fourth-order valence-corrected chi connectivity index (χ4v) is 2.82. The Kier molecular flexibility index (Phi) is 11.5. The molecule has 2 N–H and O–H groups in total. The number of hydrogen-bond donors (Lipinski definition) is 2. The summed E-state index contributed by atoms with van der Waals surface area (Å²) in [6, 6.07) is 6.16. The maximum absolute atomic E-state index is 5.64. The predicted molar refractivity (Wildman–Crippen MR) is 121 cm³/mol. The van der Waals surface area contributed by atoms with Gasteiger partial charge in [0.25, 0.3) is 0 Å². The maximum Gasteiger partial charge on any atom is 0.195 e. The SMILES string of the molecule is CCNC(=NCC(C)N1CCOCC1)Nc1ccc(OC)c(OCC)c1.I. The van der Waals surface area contributed by atoms with Gasteiger partial charge in [0, 0.05) is 37.4 Å². The number of anilines is 1. The van der Waals surface area contributed by atoms with Crippen molar-refractivity contribution in [2.45, 2.75) is 26.8 Å². The summed E-state index contributed by atoms with van der Waals surface area (Å²) in [6.45, 7) is 11.9. The van der Waals surface area contributed by atoms with Crippen molar-refractivity contribution in [3.63, 3.8) is 0 Å². The van der Waals surface area contributed by atoms with E-state index in [1.165, 1.54) is 0 Å². The van der Waals surface area contributed by atoms with E-state index in [1.807, 2.05) is 25.1 Å². The Labute approximate surface area is 179 Å². The lowest BCUT2D eigenvalue weighted by Crippen LogP contribution is -2.44. The molecule has 7 nitrogen and oxygen atoms in total. The summed E-state index contributed by atoms with van der Waals surface area (Å²) >= 11 is 0. The Balaban J connectivity index is 0.00000364. The highest BCUT2D eigenvalue weighted by molar-refractivity contribution is 14.0. The quantitative estimate of drug-likeness (QED) is 0.331.